The van der Waals surface area contributed by atoms with Gasteiger partial charge >= 0.3 is 0 Å². The second-order valence-electron chi connectivity index (χ2n) is 7.84. The Morgan fingerprint density at radius 3 is 2.66 bits per heavy atom. The molecule has 7 heteroatoms. The number of piperidine rings is 1. The van der Waals surface area contributed by atoms with Crippen LogP contribution >= 0.6 is 0 Å². The van der Waals surface area contributed by atoms with Crippen molar-refractivity contribution in [3.8, 4) is 0 Å². The van der Waals surface area contributed by atoms with Crippen LogP contribution in [0.5, 0.6) is 0 Å². The lowest BCUT2D eigenvalue weighted by Crippen LogP contribution is -2.50. The molecule has 160 valence electrons. The van der Waals surface area contributed by atoms with Gasteiger partial charge in [0.2, 0.25) is 5.91 Å². The van der Waals surface area contributed by atoms with Crippen LogP contribution in [-0.2, 0) is 9.53 Å². The quantitative estimate of drug-likeness (QED) is 0.477. The van der Waals surface area contributed by atoms with Crippen molar-refractivity contribution in [2.45, 2.75) is 38.3 Å². The molecule has 1 amide bonds. The minimum Gasteiger partial charge on any atom is -0.373 e. The molecule has 0 bridgehead atoms. The molecule has 0 aliphatic carbocycles. The van der Waals surface area contributed by atoms with Gasteiger partial charge in [0.25, 0.3) is 0 Å². The summed E-state index contributed by atoms with van der Waals surface area (Å²) in [5.41, 5.74) is 1.24. The van der Waals surface area contributed by atoms with Crippen LogP contribution in [0.2, 0.25) is 0 Å². The van der Waals surface area contributed by atoms with Crippen LogP contribution in [0, 0.1) is 5.92 Å². The van der Waals surface area contributed by atoms with E-state index in [1.165, 1.54) is 5.56 Å². The zero-order chi connectivity index (χ0) is 20.5. The van der Waals surface area contributed by atoms with Gasteiger partial charge in [-0.15, -0.1) is 0 Å². The van der Waals surface area contributed by atoms with Gasteiger partial charge in [-0.3, -0.25) is 14.7 Å². The number of hydrogen-bond acceptors (Lipinski definition) is 4. The lowest BCUT2D eigenvalue weighted by atomic mass is 9.95. The molecule has 0 radical (unpaired) electrons. The van der Waals surface area contributed by atoms with Gasteiger partial charge in [0.05, 0.1) is 12.6 Å². The average molecular weight is 402 g/mol. The normalized spacial score (nSPS) is 23.7. The maximum Gasteiger partial charge on any atom is 0.233 e. The van der Waals surface area contributed by atoms with Crippen molar-refractivity contribution in [1.29, 1.82) is 0 Å². The lowest BCUT2D eigenvalue weighted by Gasteiger charge is -2.32. The zero-order valence-corrected chi connectivity index (χ0v) is 17.7. The Hall–Kier alpha value is -2.12. The van der Waals surface area contributed by atoms with Crippen LogP contribution < -0.4 is 16.0 Å². The fraction of sp³-hybridized carbons (Fsp3) is 0.636. The van der Waals surface area contributed by atoms with Gasteiger partial charge in [-0.25, -0.2) is 0 Å². The Bertz CT molecular complexity index is 658. The molecule has 0 saturated carbocycles. The first-order valence-electron chi connectivity index (χ1n) is 10.8. The highest BCUT2D eigenvalue weighted by Crippen LogP contribution is 2.34. The summed E-state index contributed by atoms with van der Waals surface area (Å²) in [6, 6.07) is 10.8. The van der Waals surface area contributed by atoms with Gasteiger partial charge < -0.3 is 20.7 Å². The van der Waals surface area contributed by atoms with Crippen molar-refractivity contribution < 1.29 is 9.53 Å². The van der Waals surface area contributed by atoms with E-state index in [9.17, 15) is 4.79 Å². The van der Waals surface area contributed by atoms with E-state index in [1.807, 2.05) is 6.07 Å². The fourth-order valence-corrected chi connectivity index (χ4v) is 4.07. The Kier molecular flexibility index (Phi) is 8.31. The van der Waals surface area contributed by atoms with Crippen LogP contribution in [0.25, 0.3) is 0 Å². The Labute approximate surface area is 174 Å². The molecule has 29 heavy (non-hydrogen) atoms. The number of rotatable bonds is 7. The first-order chi connectivity index (χ1) is 14.2. The van der Waals surface area contributed by atoms with Crippen molar-refractivity contribution in [1.82, 2.24) is 20.9 Å². The number of hydrogen-bond donors (Lipinski definition) is 3. The lowest BCUT2D eigenvalue weighted by molar-refractivity contribution is -0.122. The minimum atomic E-state index is 0.0815. The summed E-state index contributed by atoms with van der Waals surface area (Å²) < 4.78 is 6.00. The topological polar surface area (TPSA) is 78.0 Å². The standard InChI is InChI=1S/C22H35N5O2/c1-3-24-22(26-19-9-12-27(13-10-19)16-20(28)23-2)25-15-18-11-14-29-21(18)17-7-5-4-6-8-17/h4-8,18-19,21H,3,9-16H2,1-2H3,(H,23,28)(H2,24,25,26). The first-order valence-corrected chi connectivity index (χ1v) is 10.8. The highest BCUT2D eigenvalue weighted by molar-refractivity contribution is 5.80. The number of amides is 1. The summed E-state index contributed by atoms with van der Waals surface area (Å²) in [5, 5.41) is 9.67. The van der Waals surface area contributed by atoms with Gasteiger partial charge in [0.1, 0.15) is 0 Å². The fourth-order valence-electron chi connectivity index (χ4n) is 4.07. The molecule has 2 aliphatic heterocycles. The summed E-state index contributed by atoms with van der Waals surface area (Å²) in [6.07, 6.45) is 3.21. The van der Waals surface area contributed by atoms with Crippen LogP contribution in [-0.4, -0.2) is 69.2 Å². The molecule has 2 unspecified atom stereocenters. The van der Waals surface area contributed by atoms with Crippen molar-refractivity contribution in [3.63, 3.8) is 0 Å². The molecule has 1 aromatic carbocycles. The maximum absolute atomic E-state index is 11.6. The number of nitrogens with one attached hydrogen (secondary N) is 3. The second-order valence-corrected chi connectivity index (χ2v) is 7.84. The predicted molar refractivity (Wildman–Crippen MR) is 116 cm³/mol. The van der Waals surface area contributed by atoms with Crippen molar-refractivity contribution in [2.24, 2.45) is 10.9 Å². The van der Waals surface area contributed by atoms with Crippen LogP contribution in [0.15, 0.2) is 35.3 Å². The van der Waals surface area contributed by atoms with E-state index in [-0.39, 0.29) is 12.0 Å². The third kappa shape index (κ3) is 6.44. The van der Waals surface area contributed by atoms with Gasteiger partial charge in [-0.1, -0.05) is 30.3 Å². The van der Waals surface area contributed by atoms with Gasteiger partial charge in [-0.05, 0) is 31.7 Å². The maximum atomic E-state index is 11.6. The smallest absolute Gasteiger partial charge is 0.233 e. The SMILES string of the molecule is CCNC(=NCC1CCOC1c1ccccc1)NC1CCN(CC(=O)NC)CC1. The summed E-state index contributed by atoms with van der Waals surface area (Å²) in [7, 11) is 1.69. The molecule has 2 aliphatic rings. The van der Waals surface area contributed by atoms with Crippen molar-refractivity contribution in [3.05, 3.63) is 35.9 Å². The summed E-state index contributed by atoms with van der Waals surface area (Å²) in [4.78, 5) is 18.6. The number of nitrogens with zero attached hydrogens (tertiary/aromatic N) is 2. The number of likely N-dealkylation sites (N-methyl/N-ethyl adjacent to an activating group) is 1. The predicted octanol–water partition coefficient (Wildman–Crippen LogP) is 1.53. The molecule has 2 atom stereocenters. The number of aliphatic imine (C=N–C) groups is 1. The van der Waals surface area contributed by atoms with Gasteiger partial charge in [0, 0.05) is 51.8 Å². The average Bonchev–Trinajstić information content (AvgIpc) is 3.23. The molecule has 2 saturated heterocycles. The number of guanidine groups is 1. The van der Waals surface area contributed by atoms with Crippen LogP contribution in [0.3, 0.4) is 0 Å². The largest absolute Gasteiger partial charge is 0.373 e. The molecule has 2 fully saturated rings. The zero-order valence-electron chi connectivity index (χ0n) is 17.7. The molecule has 3 N–H and O–H groups in total. The van der Waals surface area contributed by atoms with E-state index in [1.54, 1.807) is 7.05 Å². The van der Waals surface area contributed by atoms with E-state index in [2.05, 4.69) is 52.0 Å². The van der Waals surface area contributed by atoms with Gasteiger partial charge in [-0.2, -0.15) is 0 Å². The van der Waals surface area contributed by atoms with E-state index >= 15 is 0 Å². The molecule has 3 rings (SSSR count). The number of benzene rings is 1. The van der Waals surface area contributed by atoms with Crippen molar-refractivity contribution >= 4 is 11.9 Å². The minimum absolute atomic E-state index is 0.0815. The number of carbonyl (C=O) groups is 1. The van der Waals surface area contributed by atoms with Crippen LogP contribution in [0.1, 0.15) is 37.9 Å². The third-order valence-electron chi connectivity index (χ3n) is 5.74. The highest BCUT2D eigenvalue weighted by atomic mass is 16.5. The summed E-state index contributed by atoms with van der Waals surface area (Å²) in [6.45, 7) is 6.82. The molecule has 0 spiro atoms. The van der Waals surface area contributed by atoms with Crippen LogP contribution in [0.4, 0.5) is 0 Å². The molecule has 2 heterocycles. The summed E-state index contributed by atoms with van der Waals surface area (Å²) >= 11 is 0. The molecular formula is C22H35N5O2. The summed E-state index contributed by atoms with van der Waals surface area (Å²) in [5.74, 6) is 1.37. The van der Waals surface area contributed by atoms with E-state index < -0.39 is 0 Å². The Balaban J connectivity index is 1.52. The van der Waals surface area contributed by atoms with E-state index in [0.717, 1.165) is 58.0 Å². The molecule has 1 aromatic rings. The monoisotopic (exact) mass is 401 g/mol. The first kappa shape index (κ1) is 21.6. The second kappa shape index (κ2) is 11.2. The number of carbonyl (C=O) groups excluding carboxylic acids is 1. The van der Waals surface area contributed by atoms with Crippen molar-refractivity contribution in [2.75, 3.05) is 46.4 Å². The molecule has 0 aromatic heterocycles. The molecule has 7 nitrogen and oxygen atoms in total. The third-order valence-corrected chi connectivity index (χ3v) is 5.74. The number of ether oxygens (including phenoxy) is 1. The highest BCUT2D eigenvalue weighted by Gasteiger charge is 2.29. The van der Waals surface area contributed by atoms with E-state index in [0.29, 0.717) is 18.5 Å². The molecular weight excluding hydrogens is 366 g/mol. The number of likely N-dealkylation sites (tertiary alicyclic amines) is 1. The Morgan fingerprint density at radius 1 is 1.21 bits per heavy atom. The Morgan fingerprint density at radius 2 is 1.97 bits per heavy atom. The van der Waals surface area contributed by atoms with Gasteiger partial charge in [0.15, 0.2) is 5.96 Å². The van der Waals surface area contributed by atoms with E-state index in [4.69, 9.17) is 9.73 Å².